The van der Waals surface area contributed by atoms with Gasteiger partial charge in [0.1, 0.15) is 11.5 Å². The molecule has 0 aliphatic carbocycles. The van der Waals surface area contributed by atoms with Gasteiger partial charge in [-0.15, -0.1) is 0 Å². The fourth-order valence-electron chi connectivity index (χ4n) is 3.32. The van der Waals surface area contributed by atoms with Crippen molar-refractivity contribution in [3.05, 3.63) is 77.3 Å². The summed E-state index contributed by atoms with van der Waals surface area (Å²) in [7, 11) is 3.14. The van der Waals surface area contributed by atoms with E-state index in [1.54, 1.807) is 32.4 Å². The van der Waals surface area contributed by atoms with Gasteiger partial charge in [0, 0.05) is 28.9 Å². The Morgan fingerprint density at radius 1 is 1.03 bits per heavy atom. The van der Waals surface area contributed by atoms with Crippen LogP contribution in [-0.2, 0) is 11.3 Å². The summed E-state index contributed by atoms with van der Waals surface area (Å²) in [6, 6.07) is 21.0. The zero-order valence-corrected chi connectivity index (χ0v) is 19.2. The van der Waals surface area contributed by atoms with Gasteiger partial charge in [0.05, 0.1) is 37.6 Å². The van der Waals surface area contributed by atoms with E-state index in [1.165, 1.54) is 11.8 Å². The van der Waals surface area contributed by atoms with Crippen molar-refractivity contribution in [2.75, 3.05) is 25.3 Å². The first-order valence-corrected chi connectivity index (χ1v) is 11.3. The third-order valence-corrected chi connectivity index (χ3v) is 6.04. The predicted molar refractivity (Wildman–Crippen MR) is 129 cm³/mol. The topological polar surface area (TPSA) is 65.4 Å². The van der Waals surface area contributed by atoms with Crippen LogP contribution >= 0.6 is 23.4 Å². The van der Waals surface area contributed by atoms with Gasteiger partial charge in [-0.05, 0) is 23.8 Å². The molecular formula is C24H22ClN3O3S. The van der Waals surface area contributed by atoms with E-state index in [4.69, 9.17) is 26.1 Å². The number of carbonyl (C=O) groups excluding carboxylic acids is 1. The number of nitrogens with zero attached hydrogens (tertiary/aromatic N) is 2. The fourth-order valence-corrected chi connectivity index (χ4v) is 4.30. The van der Waals surface area contributed by atoms with Crippen molar-refractivity contribution >= 4 is 46.0 Å². The molecule has 1 aromatic heterocycles. The van der Waals surface area contributed by atoms with Crippen molar-refractivity contribution in [1.29, 1.82) is 0 Å². The standard InChI is InChI=1S/C24H22ClN3O3S/c1-30-19-11-18(12-20(13-19)31-2)26-23(29)15-32-24-27-21-10-17(25)8-9-22(21)28(24)14-16-6-4-3-5-7-16/h3-13H,14-15H2,1-2H3,(H,26,29). The largest absolute Gasteiger partial charge is 0.497 e. The molecule has 1 N–H and O–H groups in total. The Hall–Kier alpha value is -3.16. The summed E-state index contributed by atoms with van der Waals surface area (Å²) in [5, 5.41) is 4.28. The van der Waals surface area contributed by atoms with Gasteiger partial charge in [-0.3, -0.25) is 4.79 Å². The van der Waals surface area contributed by atoms with Gasteiger partial charge in [0.15, 0.2) is 5.16 Å². The van der Waals surface area contributed by atoms with Crippen LogP contribution in [0.5, 0.6) is 11.5 Å². The number of amides is 1. The van der Waals surface area contributed by atoms with Crippen molar-refractivity contribution in [1.82, 2.24) is 9.55 Å². The van der Waals surface area contributed by atoms with E-state index in [0.29, 0.717) is 28.8 Å². The maximum Gasteiger partial charge on any atom is 0.234 e. The maximum absolute atomic E-state index is 12.7. The van der Waals surface area contributed by atoms with Crippen molar-refractivity contribution in [3.8, 4) is 11.5 Å². The smallest absolute Gasteiger partial charge is 0.234 e. The van der Waals surface area contributed by atoms with Gasteiger partial charge < -0.3 is 19.4 Å². The number of hydrogen-bond acceptors (Lipinski definition) is 5. The summed E-state index contributed by atoms with van der Waals surface area (Å²) in [5.41, 5.74) is 3.53. The van der Waals surface area contributed by atoms with Crippen LogP contribution < -0.4 is 14.8 Å². The first-order valence-electron chi connectivity index (χ1n) is 9.91. The third-order valence-electron chi connectivity index (χ3n) is 4.83. The van der Waals surface area contributed by atoms with Gasteiger partial charge in [-0.1, -0.05) is 53.7 Å². The molecule has 6 nitrogen and oxygen atoms in total. The molecule has 0 saturated heterocycles. The van der Waals surface area contributed by atoms with E-state index in [9.17, 15) is 4.79 Å². The molecule has 32 heavy (non-hydrogen) atoms. The highest BCUT2D eigenvalue weighted by molar-refractivity contribution is 7.99. The molecule has 0 bridgehead atoms. The first kappa shape index (κ1) is 22.0. The second kappa shape index (κ2) is 9.97. The van der Waals surface area contributed by atoms with Gasteiger partial charge in [0.25, 0.3) is 0 Å². The number of thioether (sulfide) groups is 1. The molecule has 4 aromatic rings. The molecule has 0 atom stereocenters. The van der Waals surface area contributed by atoms with Gasteiger partial charge in [-0.2, -0.15) is 0 Å². The molecule has 1 amide bonds. The average molecular weight is 468 g/mol. The van der Waals surface area contributed by atoms with Crippen LogP contribution in [-0.4, -0.2) is 35.4 Å². The molecule has 0 aliphatic heterocycles. The summed E-state index contributed by atoms with van der Waals surface area (Å²) in [6.45, 7) is 0.649. The summed E-state index contributed by atoms with van der Waals surface area (Å²) in [4.78, 5) is 17.4. The third kappa shape index (κ3) is 5.18. The minimum atomic E-state index is -0.151. The van der Waals surface area contributed by atoms with Crippen LogP contribution in [0.25, 0.3) is 11.0 Å². The molecule has 0 saturated carbocycles. The van der Waals surface area contributed by atoms with Crippen molar-refractivity contribution < 1.29 is 14.3 Å². The summed E-state index contributed by atoms with van der Waals surface area (Å²) >= 11 is 7.55. The van der Waals surface area contributed by atoms with Crippen LogP contribution in [0.2, 0.25) is 5.02 Å². The molecule has 0 radical (unpaired) electrons. The van der Waals surface area contributed by atoms with E-state index in [-0.39, 0.29) is 11.7 Å². The number of methoxy groups -OCH3 is 2. The zero-order chi connectivity index (χ0) is 22.5. The monoisotopic (exact) mass is 467 g/mol. The van der Waals surface area contributed by atoms with Crippen molar-refractivity contribution in [2.24, 2.45) is 0 Å². The average Bonchev–Trinajstić information content (AvgIpc) is 3.14. The minimum Gasteiger partial charge on any atom is -0.497 e. The summed E-state index contributed by atoms with van der Waals surface area (Å²) in [6.07, 6.45) is 0. The zero-order valence-electron chi connectivity index (χ0n) is 17.7. The van der Waals surface area contributed by atoms with E-state index >= 15 is 0 Å². The van der Waals surface area contributed by atoms with Crippen LogP contribution in [0.1, 0.15) is 5.56 Å². The molecule has 8 heteroatoms. The van der Waals surface area contributed by atoms with E-state index in [1.807, 2.05) is 36.4 Å². The quantitative estimate of drug-likeness (QED) is 0.347. The SMILES string of the molecule is COc1cc(NC(=O)CSc2nc3cc(Cl)ccc3n2Cc2ccccc2)cc(OC)c1. The Bertz CT molecular complexity index is 1220. The molecule has 0 spiro atoms. The molecular weight excluding hydrogens is 446 g/mol. The number of nitrogens with one attached hydrogen (secondary N) is 1. The highest BCUT2D eigenvalue weighted by Crippen LogP contribution is 2.29. The van der Waals surface area contributed by atoms with E-state index < -0.39 is 0 Å². The summed E-state index contributed by atoms with van der Waals surface area (Å²) < 4.78 is 12.6. The second-order valence-electron chi connectivity index (χ2n) is 7.04. The van der Waals surface area contributed by atoms with Crippen molar-refractivity contribution in [2.45, 2.75) is 11.7 Å². The van der Waals surface area contributed by atoms with E-state index in [0.717, 1.165) is 21.8 Å². The normalized spacial score (nSPS) is 10.8. The predicted octanol–water partition coefficient (Wildman–Crippen LogP) is 5.49. The second-order valence-corrected chi connectivity index (χ2v) is 8.42. The number of fused-ring (bicyclic) bond motifs is 1. The van der Waals surface area contributed by atoms with Gasteiger partial charge in [-0.25, -0.2) is 4.98 Å². The number of imidazole rings is 1. The number of ether oxygens (including phenoxy) is 2. The first-order chi connectivity index (χ1) is 15.6. The molecule has 1 heterocycles. The fraction of sp³-hybridized carbons (Fsp3) is 0.167. The number of benzene rings is 3. The number of anilines is 1. The number of aromatic nitrogens is 2. The van der Waals surface area contributed by atoms with Crippen LogP contribution in [0, 0.1) is 0 Å². The molecule has 3 aromatic carbocycles. The Morgan fingerprint density at radius 3 is 2.44 bits per heavy atom. The lowest BCUT2D eigenvalue weighted by molar-refractivity contribution is -0.113. The number of carbonyl (C=O) groups is 1. The number of hydrogen-bond donors (Lipinski definition) is 1. The van der Waals surface area contributed by atoms with Crippen LogP contribution in [0.3, 0.4) is 0 Å². The number of rotatable bonds is 8. The minimum absolute atomic E-state index is 0.151. The molecule has 4 rings (SSSR count). The van der Waals surface area contributed by atoms with Gasteiger partial charge in [0.2, 0.25) is 5.91 Å². The van der Waals surface area contributed by atoms with Crippen LogP contribution in [0.15, 0.2) is 71.9 Å². The van der Waals surface area contributed by atoms with E-state index in [2.05, 4.69) is 22.0 Å². The molecule has 164 valence electrons. The highest BCUT2D eigenvalue weighted by atomic mass is 35.5. The van der Waals surface area contributed by atoms with Gasteiger partial charge >= 0.3 is 0 Å². The van der Waals surface area contributed by atoms with Crippen molar-refractivity contribution in [3.63, 3.8) is 0 Å². The summed E-state index contributed by atoms with van der Waals surface area (Å²) in [5.74, 6) is 1.26. The Morgan fingerprint density at radius 2 is 1.75 bits per heavy atom. The lowest BCUT2D eigenvalue weighted by Crippen LogP contribution is -2.15. The Labute approximate surface area is 195 Å². The molecule has 0 fully saturated rings. The maximum atomic E-state index is 12.7. The number of halogens is 1. The molecule has 0 aliphatic rings. The lowest BCUT2D eigenvalue weighted by Gasteiger charge is -2.11. The Kier molecular flexibility index (Phi) is 6.87. The Balaban J connectivity index is 1.53. The lowest BCUT2D eigenvalue weighted by atomic mass is 10.2. The highest BCUT2D eigenvalue weighted by Gasteiger charge is 2.15. The molecule has 0 unspecified atom stereocenters. The van der Waals surface area contributed by atoms with Crippen LogP contribution in [0.4, 0.5) is 5.69 Å².